The average Bonchev–Trinajstić information content (AvgIpc) is 3.48. The molecule has 1 fully saturated rings. The van der Waals surface area contributed by atoms with Crippen LogP contribution in [0.1, 0.15) is 33.9 Å². The lowest BCUT2D eigenvalue weighted by atomic mass is 9.98. The average molecular weight is 648 g/mol. The van der Waals surface area contributed by atoms with Gasteiger partial charge in [0.2, 0.25) is 5.95 Å². The van der Waals surface area contributed by atoms with Gasteiger partial charge in [-0.1, -0.05) is 36.4 Å². The smallest absolute Gasteiger partial charge is 0.323 e. The van der Waals surface area contributed by atoms with Crippen molar-refractivity contribution in [1.29, 1.82) is 0 Å². The highest BCUT2D eigenvalue weighted by atomic mass is 32.5. The topological polar surface area (TPSA) is 168 Å². The maximum atomic E-state index is 16.2. The number of nitrogen functional groups attached to an aromatic ring is 1. The van der Waals surface area contributed by atoms with Gasteiger partial charge in [-0.15, -0.1) is 0 Å². The van der Waals surface area contributed by atoms with Crippen molar-refractivity contribution in [2.75, 3.05) is 24.7 Å². The molecule has 16 heteroatoms. The molecule has 13 nitrogen and oxygen atoms in total. The molecule has 0 aliphatic carbocycles. The monoisotopic (exact) mass is 647 g/mol. The van der Waals surface area contributed by atoms with Gasteiger partial charge in [0.05, 0.1) is 19.0 Å². The standard InChI is InChI=1S/C28H35FN7O6PS/c1-15(2)40-25(38)16(3)35-43(44,42-19-12-8-10-17-9-6-7-11-18(17)19)39-13-20-22(37)28(4,29)26(41-20)36-14-32-21-23(31-5)33-27(30)34-24(21)36/h6-12,14-16,20,22,26,37H,13H2,1-5H3,(H,35,44)(H3,30,31,33,34)/t16-,20?,22-,26?,28-,43?/m1/s1. The van der Waals surface area contributed by atoms with Gasteiger partial charge in [-0.3, -0.25) is 9.36 Å². The zero-order valence-electron chi connectivity index (χ0n) is 24.8. The number of benzene rings is 2. The van der Waals surface area contributed by atoms with Gasteiger partial charge >= 0.3 is 12.6 Å². The summed E-state index contributed by atoms with van der Waals surface area (Å²) in [5.41, 5.74) is 4.12. The molecule has 1 aliphatic rings. The van der Waals surface area contributed by atoms with E-state index in [1.165, 1.54) is 17.8 Å². The summed E-state index contributed by atoms with van der Waals surface area (Å²) in [5, 5.41) is 18.6. The predicted octanol–water partition coefficient (Wildman–Crippen LogP) is 3.84. The van der Waals surface area contributed by atoms with Crippen molar-refractivity contribution in [3.8, 4) is 5.75 Å². The Hall–Kier alpha value is -3.46. The number of aliphatic hydroxyl groups excluding tert-OH is 1. The number of hydrogen-bond donors (Lipinski definition) is 4. The molecular formula is C28H35FN7O6PS. The highest BCUT2D eigenvalue weighted by Crippen LogP contribution is 2.49. The maximum Gasteiger partial charge on any atom is 0.323 e. The van der Waals surface area contributed by atoms with Crippen molar-refractivity contribution in [3.63, 3.8) is 0 Å². The van der Waals surface area contributed by atoms with Crippen molar-refractivity contribution in [2.45, 2.75) is 63.9 Å². The second-order valence-electron chi connectivity index (χ2n) is 10.8. The number of fused-ring (bicyclic) bond motifs is 2. The number of alkyl halides is 1. The number of ether oxygens (including phenoxy) is 2. The molecule has 3 unspecified atom stereocenters. The van der Waals surface area contributed by atoms with E-state index in [-0.39, 0.29) is 24.3 Å². The summed E-state index contributed by atoms with van der Waals surface area (Å²) in [6, 6.07) is 12.1. The fourth-order valence-electron chi connectivity index (χ4n) is 4.92. The minimum atomic E-state index is -3.55. The van der Waals surface area contributed by atoms with E-state index in [4.69, 9.17) is 36.1 Å². The molecule has 1 aliphatic heterocycles. The number of rotatable bonds is 11. The van der Waals surface area contributed by atoms with E-state index in [2.05, 4.69) is 25.4 Å². The first-order valence-electron chi connectivity index (χ1n) is 13.9. The van der Waals surface area contributed by atoms with Crippen LogP contribution in [0.25, 0.3) is 21.9 Å². The van der Waals surface area contributed by atoms with Crippen molar-refractivity contribution in [2.24, 2.45) is 0 Å². The van der Waals surface area contributed by atoms with Crippen molar-refractivity contribution in [1.82, 2.24) is 24.6 Å². The normalized spacial score (nSPS) is 24.0. The molecule has 236 valence electrons. The molecule has 2 aromatic carbocycles. The zero-order chi connectivity index (χ0) is 31.8. The minimum Gasteiger partial charge on any atom is -0.462 e. The lowest BCUT2D eigenvalue weighted by Gasteiger charge is -2.28. The highest BCUT2D eigenvalue weighted by Gasteiger charge is 2.56. The van der Waals surface area contributed by atoms with Gasteiger partial charge < -0.3 is 34.7 Å². The lowest BCUT2D eigenvalue weighted by molar-refractivity contribution is -0.149. The van der Waals surface area contributed by atoms with E-state index in [0.29, 0.717) is 17.1 Å². The third kappa shape index (κ3) is 6.34. The molecule has 0 radical (unpaired) electrons. The Kier molecular flexibility index (Phi) is 9.08. The van der Waals surface area contributed by atoms with Crippen LogP contribution in [0.5, 0.6) is 5.75 Å². The summed E-state index contributed by atoms with van der Waals surface area (Å²) in [5.74, 6) is 0.173. The quantitative estimate of drug-likeness (QED) is 0.137. The third-order valence-corrected chi connectivity index (χ3v) is 9.56. The number of nitrogens with one attached hydrogen (secondary N) is 2. The number of imidazole rings is 1. The Labute approximate surface area is 258 Å². The van der Waals surface area contributed by atoms with Crippen LogP contribution in [-0.4, -0.2) is 74.3 Å². The van der Waals surface area contributed by atoms with E-state index in [0.717, 1.165) is 10.8 Å². The molecule has 4 aromatic rings. The first-order chi connectivity index (χ1) is 20.8. The fraction of sp³-hybridized carbons (Fsp3) is 0.429. The molecule has 2 aromatic heterocycles. The number of halogens is 1. The second-order valence-corrected chi connectivity index (χ2v) is 14.0. The molecule has 0 spiro atoms. The molecule has 44 heavy (non-hydrogen) atoms. The summed E-state index contributed by atoms with van der Waals surface area (Å²) in [4.78, 5) is 25.3. The van der Waals surface area contributed by atoms with E-state index in [1.807, 2.05) is 36.4 Å². The second kappa shape index (κ2) is 12.5. The Morgan fingerprint density at radius 3 is 2.70 bits per heavy atom. The van der Waals surface area contributed by atoms with Crippen LogP contribution in [0.3, 0.4) is 0 Å². The van der Waals surface area contributed by atoms with Gasteiger partial charge in [-0.2, -0.15) is 9.97 Å². The van der Waals surface area contributed by atoms with Crippen LogP contribution in [0.4, 0.5) is 16.2 Å². The van der Waals surface area contributed by atoms with E-state index in [1.54, 1.807) is 33.9 Å². The fourth-order valence-corrected chi connectivity index (χ4v) is 7.34. The molecule has 1 saturated heterocycles. The first-order valence-corrected chi connectivity index (χ1v) is 16.6. The number of nitrogens with zero attached hydrogens (tertiary/aromatic N) is 4. The Bertz CT molecular complexity index is 1720. The number of aliphatic hydroxyl groups is 1. The van der Waals surface area contributed by atoms with Crippen LogP contribution in [0.2, 0.25) is 0 Å². The third-order valence-electron chi connectivity index (χ3n) is 7.08. The van der Waals surface area contributed by atoms with E-state index >= 15 is 4.39 Å². The molecule has 5 N–H and O–H groups in total. The SMILES string of the molecule is CNc1nc(N)nc2c1ncn2C1OC(COP(=S)(N[C@H](C)C(=O)OC(C)C)Oc2cccc3ccccc23)[C@@H](O)[C@@]1(C)F. The largest absolute Gasteiger partial charge is 0.462 e. The number of esters is 1. The zero-order valence-corrected chi connectivity index (χ0v) is 26.5. The van der Waals surface area contributed by atoms with Gasteiger partial charge in [0.25, 0.3) is 0 Å². The lowest BCUT2D eigenvalue weighted by Crippen LogP contribution is -2.41. The van der Waals surface area contributed by atoms with Crippen molar-refractivity contribution < 1.29 is 32.8 Å². The van der Waals surface area contributed by atoms with E-state index < -0.39 is 42.8 Å². The predicted molar refractivity (Wildman–Crippen MR) is 167 cm³/mol. The summed E-state index contributed by atoms with van der Waals surface area (Å²) in [6.45, 7) is 2.33. The molecule has 0 amide bonds. The summed E-state index contributed by atoms with van der Waals surface area (Å²) in [6.07, 6.45) is -3.18. The van der Waals surface area contributed by atoms with Gasteiger partial charge in [0, 0.05) is 12.4 Å². The van der Waals surface area contributed by atoms with Crippen LogP contribution in [0, 0.1) is 0 Å². The van der Waals surface area contributed by atoms with Crippen LogP contribution in [-0.2, 0) is 30.6 Å². The van der Waals surface area contributed by atoms with Gasteiger partial charge in [-0.25, -0.2) is 14.5 Å². The molecule has 6 atom stereocenters. The molecular weight excluding hydrogens is 612 g/mol. The number of carbonyl (C=O) groups excluding carboxylic acids is 1. The number of nitrogens with two attached hydrogens (primary N) is 1. The molecule has 0 saturated carbocycles. The van der Waals surface area contributed by atoms with Gasteiger partial charge in [-0.05, 0) is 51.0 Å². The molecule has 5 rings (SSSR count). The summed E-state index contributed by atoms with van der Waals surface area (Å²) in [7, 11) is 1.64. The van der Waals surface area contributed by atoms with Gasteiger partial charge in [0.1, 0.15) is 24.0 Å². The van der Waals surface area contributed by atoms with Crippen molar-refractivity contribution >= 4 is 58.1 Å². The van der Waals surface area contributed by atoms with Crippen LogP contribution >= 0.6 is 6.64 Å². The Morgan fingerprint density at radius 2 is 1.98 bits per heavy atom. The number of carbonyl (C=O) groups is 1. The van der Waals surface area contributed by atoms with Crippen molar-refractivity contribution in [3.05, 3.63) is 48.8 Å². The number of anilines is 2. The molecule has 0 bridgehead atoms. The number of aromatic nitrogens is 4. The van der Waals surface area contributed by atoms with Gasteiger partial charge in [0.15, 0.2) is 28.9 Å². The summed E-state index contributed by atoms with van der Waals surface area (Å²) < 4.78 is 41.3. The Balaban J connectivity index is 1.42. The van der Waals surface area contributed by atoms with E-state index in [9.17, 15) is 9.90 Å². The first kappa shape index (κ1) is 31.9. The maximum absolute atomic E-state index is 16.2. The summed E-state index contributed by atoms with van der Waals surface area (Å²) >= 11 is 5.86. The minimum absolute atomic E-state index is 0.0509. The van der Waals surface area contributed by atoms with Crippen LogP contribution in [0.15, 0.2) is 48.8 Å². The van der Waals surface area contributed by atoms with Crippen LogP contribution < -0.4 is 20.7 Å². The highest BCUT2D eigenvalue weighted by molar-refractivity contribution is 8.09. The number of hydrogen-bond acceptors (Lipinski definition) is 12. The molecule has 3 heterocycles. The Morgan fingerprint density at radius 1 is 1.25 bits per heavy atom.